The van der Waals surface area contributed by atoms with Crippen molar-refractivity contribution in [1.82, 2.24) is 19.9 Å². The van der Waals surface area contributed by atoms with Gasteiger partial charge in [0, 0.05) is 54.9 Å². The van der Waals surface area contributed by atoms with E-state index in [4.69, 9.17) is 22.1 Å². The Balaban J connectivity index is 1.94. The first-order valence-electron chi connectivity index (χ1n) is 10.1. The van der Waals surface area contributed by atoms with Gasteiger partial charge in [0.15, 0.2) is 0 Å². The van der Waals surface area contributed by atoms with Gasteiger partial charge in [-0.05, 0) is 27.7 Å². The number of aromatic nitrogens is 3. The van der Waals surface area contributed by atoms with E-state index >= 15 is 0 Å². The number of fused-ring (bicyclic) bond motifs is 1. The van der Waals surface area contributed by atoms with E-state index in [-0.39, 0.29) is 17.8 Å². The summed E-state index contributed by atoms with van der Waals surface area (Å²) in [5, 5.41) is 0.309. The summed E-state index contributed by atoms with van der Waals surface area (Å²) in [6, 6.07) is 0. The Labute approximate surface area is 182 Å². The zero-order valence-electron chi connectivity index (χ0n) is 18.2. The van der Waals surface area contributed by atoms with Crippen LogP contribution in [-0.4, -0.2) is 52.5 Å². The molecule has 162 valence electrons. The van der Waals surface area contributed by atoms with Crippen LogP contribution in [0.15, 0.2) is 6.20 Å². The lowest BCUT2D eigenvalue weighted by molar-refractivity contribution is -0.131. The molecule has 1 aliphatic heterocycles. The second-order valence-electron chi connectivity index (χ2n) is 7.50. The monoisotopic (exact) mass is 432 g/mol. The molecule has 0 saturated heterocycles. The number of rotatable bonds is 7. The maximum atomic E-state index is 12.8. The van der Waals surface area contributed by atoms with Crippen LogP contribution in [0.3, 0.4) is 0 Å². The maximum Gasteiger partial charge on any atom is 0.223 e. The number of nitrogens with zero attached hydrogens (tertiary/aromatic N) is 5. The molecule has 3 heterocycles. The molecule has 2 aromatic rings. The summed E-state index contributed by atoms with van der Waals surface area (Å²) in [4.78, 5) is 29.8. The normalized spacial score (nSPS) is 15.3. The van der Waals surface area contributed by atoms with Gasteiger partial charge in [-0.3, -0.25) is 9.78 Å². The molecule has 1 amide bonds. The molecule has 0 fully saturated rings. The van der Waals surface area contributed by atoms with Gasteiger partial charge in [-0.25, -0.2) is 4.98 Å². The minimum Gasteiger partial charge on any atom is -0.496 e. The SMILES string of the molecule is CCN(CC)C(=O)CC1CN(Cc2ncc(C)c(OC)c2C)c2nc(N)nc(Cl)c21. The number of pyridine rings is 1. The van der Waals surface area contributed by atoms with Crippen molar-refractivity contribution in [1.29, 1.82) is 0 Å². The molecule has 9 heteroatoms. The third kappa shape index (κ3) is 4.14. The standard InChI is InChI=1S/C21H29ClN6O2/c1-6-27(7-2)16(29)8-14-10-28(20-17(14)19(22)25-21(23)26-20)11-15-13(4)18(30-5)12(3)9-24-15/h9,14H,6-8,10-11H2,1-5H3,(H2,23,25,26). The Morgan fingerprint density at radius 3 is 2.67 bits per heavy atom. The molecular formula is C21H29ClN6O2. The number of aryl methyl sites for hydroxylation is 1. The number of anilines is 2. The number of hydrogen-bond donors (Lipinski definition) is 1. The summed E-state index contributed by atoms with van der Waals surface area (Å²) in [6.45, 7) is 10.4. The number of halogens is 1. The lowest BCUT2D eigenvalue weighted by Crippen LogP contribution is -2.32. The fraction of sp³-hybridized carbons (Fsp3) is 0.524. The van der Waals surface area contributed by atoms with Crippen molar-refractivity contribution in [2.45, 2.75) is 46.6 Å². The highest BCUT2D eigenvalue weighted by Gasteiger charge is 2.36. The van der Waals surface area contributed by atoms with Crippen LogP contribution < -0.4 is 15.4 Å². The summed E-state index contributed by atoms with van der Waals surface area (Å²) in [6.07, 6.45) is 2.16. The van der Waals surface area contributed by atoms with E-state index < -0.39 is 0 Å². The topological polar surface area (TPSA) is 97.5 Å². The van der Waals surface area contributed by atoms with Gasteiger partial charge >= 0.3 is 0 Å². The number of carbonyl (C=O) groups excluding carboxylic acids is 1. The van der Waals surface area contributed by atoms with Crippen molar-refractivity contribution in [2.24, 2.45) is 0 Å². The summed E-state index contributed by atoms with van der Waals surface area (Å²) < 4.78 is 5.54. The van der Waals surface area contributed by atoms with Crippen LogP contribution in [0.25, 0.3) is 0 Å². The van der Waals surface area contributed by atoms with Crippen LogP contribution in [-0.2, 0) is 11.3 Å². The molecule has 3 rings (SSSR count). The predicted molar refractivity (Wildman–Crippen MR) is 118 cm³/mol. The Kier molecular flexibility index (Phi) is 6.65. The quantitative estimate of drug-likeness (QED) is 0.671. The second-order valence-corrected chi connectivity index (χ2v) is 7.86. The fourth-order valence-electron chi connectivity index (χ4n) is 4.12. The van der Waals surface area contributed by atoms with Crippen LogP contribution in [0.2, 0.25) is 5.15 Å². The van der Waals surface area contributed by atoms with Crippen molar-refractivity contribution >= 4 is 29.3 Å². The van der Waals surface area contributed by atoms with E-state index in [1.165, 1.54) is 0 Å². The molecule has 1 atom stereocenters. The maximum absolute atomic E-state index is 12.8. The fourth-order valence-corrected chi connectivity index (χ4v) is 4.44. The minimum absolute atomic E-state index is 0.0944. The number of hydrogen-bond acceptors (Lipinski definition) is 7. The van der Waals surface area contributed by atoms with Crippen LogP contribution in [0.1, 0.15) is 48.6 Å². The molecule has 0 bridgehead atoms. The van der Waals surface area contributed by atoms with Gasteiger partial charge in [0.25, 0.3) is 0 Å². The van der Waals surface area contributed by atoms with Crippen molar-refractivity contribution < 1.29 is 9.53 Å². The average molecular weight is 433 g/mol. The van der Waals surface area contributed by atoms with Gasteiger partial charge in [-0.2, -0.15) is 4.98 Å². The Morgan fingerprint density at radius 2 is 2.03 bits per heavy atom. The highest BCUT2D eigenvalue weighted by molar-refractivity contribution is 6.30. The Hall–Kier alpha value is -2.61. The summed E-state index contributed by atoms with van der Waals surface area (Å²) in [5.41, 5.74) is 9.50. The Bertz CT molecular complexity index is 948. The van der Waals surface area contributed by atoms with E-state index in [1.54, 1.807) is 13.3 Å². The predicted octanol–water partition coefficient (Wildman–Crippen LogP) is 3.09. The summed E-state index contributed by atoms with van der Waals surface area (Å²) in [7, 11) is 1.66. The number of nitrogens with two attached hydrogens (primary N) is 1. The number of amides is 1. The van der Waals surface area contributed by atoms with Gasteiger partial charge in [0.2, 0.25) is 11.9 Å². The van der Waals surface area contributed by atoms with Gasteiger partial charge in [-0.15, -0.1) is 0 Å². The van der Waals surface area contributed by atoms with Gasteiger partial charge < -0.3 is 20.3 Å². The molecule has 1 aliphatic rings. The molecule has 0 saturated carbocycles. The molecule has 0 aromatic carbocycles. The average Bonchev–Trinajstić information content (AvgIpc) is 3.02. The molecule has 2 aromatic heterocycles. The van der Waals surface area contributed by atoms with E-state index in [0.717, 1.165) is 28.1 Å². The molecule has 1 unspecified atom stereocenters. The van der Waals surface area contributed by atoms with Crippen LogP contribution in [0.5, 0.6) is 5.75 Å². The molecule has 2 N–H and O–H groups in total. The van der Waals surface area contributed by atoms with E-state index in [1.807, 2.05) is 32.6 Å². The lowest BCUT2D eigenvalue weighted by atomic mass is 9.99. The number of nitrogen functional groups attached to an aromatic ring is 1. The number of carbonyl (C=O) groups is 1. The lowest BCUT2D eigenvalue weighted by Gasteiger charge is -2.22. The first kappa shape index (κ1) is 22.1. The first-order chi connectivity index (χ1) is 14.3. The second kappa shape index (κ2) is 9.04. The van der Waals surface area contributed by atoms with E-state index in [2.05, 4.69) is 19.9 Å². The molecule has 0 aliphatic carbocycles. The third-order valence-electron chi connectivity index (χ3n) is 5.67. The Morgan fingerprint density at radius 1 is 1.33 bits per heavy atom. The smallest absolute Gasteiger partial charge is 0.223 e. The van der Waals surface area contributed by atoms with Crippen LogP contribution >= 0.6 is 11.6 Å². The van der Waals surface area contributed by atoms with E-state index in [9.17, 15) is 4.79 Å². The van der Waals surface area contributed by atoms with Crippen LogP contribution in [0.4, 0.5) is 11.8 Å². The zero-order valence-corrected chi connectivity index (χ0v) is 19.0. The largest absolute Gasteiger partial charge is 0.496 e. The van der Waals surface area contributed by atoms with Crippen molar-refractivity contribution in [2.75, 3.05) is 37.4 Å². The first-order valence-corrected chi connectivity index (χ1v) is 10.5. The zero-order chi connectivity index (χ0) is 22.0. The molecule has 30 heavy (non-hydrogen) atoms. The highest BCUT2D eigenvalue weighted by Crippen LogP contribution is 2.42. The summed E-state index contributed by atoms with van der Waals surface area (Å²) >= 11 is 6.45. The van der Waals surface area contributed by atoms with Crippen LogP contribution in [0, 0.1) is 13.8 Å². The molecule has 0 radical (unpaired) electrons. The molecule has 0 spiro atoms. The minimum atomic E-state index is -0.103. The molecular weight excluding hydrogens is 404 g/mol. The van der Waals surface area contributed by atoms with Crippen molar-refractivity contribution in [3.8, 4) is 5.75 Å². The number of methoxy groups -OCH3 is 1. The molecule has 8 nitrogen and oxygen atoms in total. The van der Waals surface area contributed by atoms with Gasteiger partial charge in [0.05, 0.1) is 19.3 Å². The summed E-state index contributed by atoms with van der Waals surface area (Å²) in [5.74, 6) is 1.61. The third-order valence-corrected chi connectivity index (χ3v) is 5.96. The van der Waals surface area contributed by atoms with Crippen molar-refractivity contribution in [3.05, 3.63) is 33.7 Å². The van der Waals surface area contributed by atoms with Gasteiger partial charge in [0.1, 0.15) is 16.7 Å². The van der Waals surface area contributed by atoms with E-state index in [0.29, 0.717) is 43.6 Å². The number of ether oxygens (including phenoxy) is 1. The van der Waals surface area contributed by atoms with Crippen molar-refractivity contribution in [3.63, 3.8) is 0 Å². The van der Waals surface area contributed by atoms with Gasteiger partial charge in [-0.1, -0.05) is 11.6 Å². The highest BCUT2D eigenvalue weighted by atomic mass is 35.5.